The number of aromatic nitrogens is 1. The number of nitrogens with zero attached hydrogens (tertiary/aromatic N) is 2. The van der Waals surface area contributed by atoms with Crippen LogP contribution in [0.25, 0.3) is 0 Å². The Morgan fingerprint density at radius 1 is 1.04 bits per heavy atom. The van der Waals surface area contributed by atoms with Crippen molar-refractivity contribution in [2.75, 3.05) is 26.2 Å². The molecule has 0 unspecified atom stereocenters. The molecule has 2 amide bonds. The normalized spacial score (nSPS) is 14.5. The molecule has 1 aliphatic heterocycles. The van der Waals surface area contributed by atoms with Crippen LogP contribution in [0.4, 0.5) is 0 Å². The molecule has 2 N–H and O–H groups in total. The first-order valence-electron chi connectivity index (χ1n) is 8.91. The van der Waals surface area contributed by atoms with E-state index in [-0.39, 0.29) is 11.8 Å². The van der Waals surface area contributed by atoms with E-state index in [1.54, 1.807) is 60.2 Å². The summed E-state index contributed by atoms with van der Waals surface area (Å²) < 4.78 is 0. The molecular weight excluding hydrogens is 342 g/mol. The van der Waals surface area contributed by atoms with Gasteiger partial charge in [-0.3, -0.25) is 9.59 Å². The first-order chi connectivity index (χ1) is 12.8. The fraction of sp³-hybridized carbons (Fsp3) is 0.333. The lowest BCUT2D eigenvalue weighted by atomic mass is 10.1. The maximum absolute atomic E-state index is 12.8. The maximum atomic E-state index is 12.8. The number of hydrogen-bond acceptors (Lipinski definition) is 3. The van der Waals surface area contributed by atoms with Crippen LogP contribution in [0.3, 0.4) is 0 Å². The summed E-state index contributed by atoms with van der Waals surface area (Å²) in [6.07, 6.45) is 1.72. The number of piperazine rings is 1. The average Bonchev–Trinajstić information content (AvgIpc) is 3.20. The summed E-state index contributed by atoms with van der Waals surface area (Å²) in [5.41, 5.74) is 0.722. The van der Waals surface area contributed by atoms with E-state index in [1.165, 1.54) is 0 Å². The van der Waals surface area contributed by atoms with Crippen molar-refractivity contribution in [2.24, 2.45) is 0 Å². The fourth-order valence-corrected chi connectivity index (χ4v) is 2.88. The molecule has 0 saturated carbocycles. The third-order valence-electron chi connectivity index (χ3n) is 4.30. The third kappa shape index (κ3) is 4.78. The average molecular weight is 365 g/mol. The van der Waals surface area contributed by atoms with Crippen molar-refractivity contribution in [3.05, 3.63) is 59.4 Å². The van der Waals surface area contributed by atoms with Crippen LogP contribution in [0, 0.1) is 11.8 Å². The first kappa shape index (κ1) is 18.7. The highest BCUT2D eigenvalue weighted by Gasteiger charge is 2.25. The Balaban J connectivity index is 1.64. The second-order valence-corrected chi connectivity index (χ2v) is 7.06. The van der Waals surface area contributed by atoms with Gasteiger partial charge in [0.2, 0.25) is 0 Å². The van der Waals surface area contributed by atoms with Crippen LogP contribution in [-0.4, -0.2) is 63.5 Å². The van der Waals surface area contributed by atoms with Crippen molar-refractivity contribution in [1.29, 1.82) is 0 Å². The molecule has 2 aromatic rings. The van der Waals surface area contributed by atoms with Crippen LogP contribution < -0.4 is 0 Å². The maximum Gasteiger partial charge on any atom is 0.270 e. The van der Waals surface area contributed by atoms with E-state index in [1.807, 2.05) is 6.07 Å². The van der Waals surface area contributed by atoms with Crippen LogP contribution in [0.1, 0.15) is 40.3 Å². The molecule has 1 aliphatic rings. The Hall–Kier alpha value is -3.04. The van der Waals surface area contributed by atoms with Crippen molar-refractivity contribution in [2.45, 2.75) is 19.4 Å². The number of carbonyl (C=O) groups excluding carboxylic acids is 2. The molecule has 0 aliphatic carbocycles. The highest BCUT2D eigenvalue weighted by Crippen LogP contribution is 2.13. The zero-order valence-electron chi connectivity index (χ0n) is 15.5. The molecule has 0 bridgehead atoms. The van der Waals surface area contributed by atoms with Gasteiger partial charge >= 0.3 is 0 Å². The summed E-state index contributed by atoms with van der Waals surface area (Å²) in [6, 6.07) is 10.6. The molecule has 3 rings (SSSR count). The van der Waals surface area contributed by atoms with Gasteiger partial charge in [-0.25, -0.2) is 0 Å². The first-order valence-corrected chi connectivity index (χ1v) is 8.91. The van der Waals surface area contributed by atoms with E-state index >= 15 is 0 Å². The molecule has 1 saturated heterocycles. The Morgan fingerprint density at radius 2 is 1.70 bits per heavy atom. The van der Waals surface area contributed by atoms with Gasteiger partial charge < -0.3 is 19.9 Å². The zero-order chi connectivity index (χ0) is 19.4. The molecule has 140 valence electrons. The van der Waals surface area contributed by atoms with Crippen molar-refractivity contribution in [3.8, 4) is 11.8 Å². The van der Waals surface area contributed by atoms with Crippen LogP contribution in [0.5, 0.6) is 0 Å². The summed E-state index contributed by atoms with van der Waals surface area (Å²) >= 11 is 0. The van der Waals surface area contributed by atoms with Gasteiger partial charge in [-0.05, 0) is 44.2 Å². The molecule has 0 atom stereocenters. The number of H-pyrrole nitrogens is 1. The summed E-state index contributed by atoms with van der Waals surface area (Å²) in [5.74, 6) is 5.52. The molecule has 2 heterocycles. The van der Waals surface area contributed by atoms with E-state index in [0.717, 1.165) is 0 Å². The number of benzene rings is 1. The number of aromatic amines is 1. The van der Waals surface area contributed by atoms with Crippen LogP contribution in [0.2, 0.25) is 0 Å². The summed E-state index contributed by atoms with van der Waals surface area (Å²) in [5, 5.41) is 9.72. The fourth-order valence-electron chi connectivity index (χ4n) is 2.88. The minimum atomic E-state index is -1.08. The molecule has 6 heteroatoms. The molecular formula is C21H23N3O3. The minimum Gasteiger partial charge on any atom is -0.378 e. The van der Waals surface area contributed by atoms with Gasteiger partial charge in [0.15, 0.2) is 0 Å². The monoisotopic (exact) mass is 365 g/mol. The highest BCUT2D eigenvalue weighted by atomic mass is 16.3. The highest BCUT2D eigenvalue weighted by molar-refractivity contribution is 5.95. The number of hydrogen-bond donors (Lipinski definition) is 2. The van der Waals surface area contributed by atoms with E-state index in [2.05, 4.69) is 16.8 Å². The summed E-state index contributed by atoms with van der Waals surface area (Å²) in [7, 11) is 0. The molecule has 0 radical (unpaired) electrons. The molecule has 0 spiro atoms. The zero-order valence-corrected chi connectivity index (χ0v) is 15.5. The lowest BCUT2D eigenvalue weighted by Crippen LogP contribution is -2.50. The molecule has 6 nitrogen and oxygen atoms in total. The van der Waals surface area contributed by atoms with E-state index in [9.17, 15) is 14.7 Å². The Bertz CT molecular complexity index is 877. The van der Waals surface area contributed by atoms with Gasteiger partial charge in [-0.1, -0.05) is 17.9 Å². The predicted octanol–water partition coefficient (Wildman–Crippen LogP) is 1.74. The Kier molecular flexibility index (Phi) is 5.33. The minimum absolute atomic E-state index is 0.0454. The summed E-state index contributed by atoms with van der Waals surface area (Å²) in [6.45, 7) is 5.21. The second-order valence-electron chi connectivity index (χ2n) is 7.06. The number of aliphatic hydroxyl groups is 1. The standard InChI is InChI=1S/C21H23N3O3/c1-21(2,27)9-8-16-5-3-6-17(15-16)19(25)23-11-13-24(14-12-23)20(26)18-7-4-10-22-18/h3-7,10,15,22,27H,11-14H2,1-2H3. The SMILES string of the molecule is CC(C)(O)C#Cc1cccc(C(=O)N2CCN(C(=O)c3ccc[nH]3)CC2)c1. The molecule has 1 aromatic heterocycles. The van der Waals surface area contributed by atoms with Crippen molar-refractivity contribution in [1.82, 2.24) is 14.8 Å². The molecule has 1 aromatic carbocycles. The lowest BCUT2D eigenvalue weighted by Gasteiger charge is -2.34. The number of carbonyl (C=O) groups is 2. The van der Waals surface area contributed by atoms with Gasteiger partial charge in [-0.15, -0.1) is 0 Å². The summed E-state index contributed by atoms with van der Waals surface area (Å²) in [4.78, 5) is 31.6. The largest absolute Gasteiger partial charge is 0.378 e. The quantitative estimate of drug-likeness (QED) is 0.796. The van der Waals surface area contributed by atoms with Crippen molar-refractivity contribution < 1.29 is 14.7 Å². The predicted molar refractivity (Wildman–Crippen MR) is 102 cm³/mol. The Labute approximate surface area is 158 Å². The van der Waals surface area contributed by atoms with Crippen molar-refractivity contribution >= 4 is 11.8 Å². The number of amides is 2. The number of rotatable bonds is 2. The van der Waals surface area contributed by atoms with Crippen LogP contribution in [0.15, 0.2) is 42.6 Å². The van der Waals surface area contributed by atoms with Gasteiger partial charge in [0.05, 0.1) is 0 Å². The third-order valence-corrected chi connectivity index (χ3v) is 4.30. The number of nitrogens with one attached hydrogen (secondary N) is 1. The smallest absolute Gasteiger partial charge is 0.270 e. The molecule has 1 fully saturated rings. The molecule has 27 heavy (non-hydrogen) atoms. The van der Waals surface area contributed by atoms with Crippen LogP contribution in [-0.2, 0) is 0 Å². The van der Waals surface area contributed by atoms with Gasteiger partial charge in [0, 0.05) is 43.5 Å². The van der Waals surface area contributed by atoms with E-state index < -0.39 is 5.60 Å². The van der Waals surface area contributed by atoms with Crippen molar-refractivity contribution in [3.63, 3.8) is 0 Å². The second kappa shape index (κ2) is 7.68. The van der Waals surface area contributed by atoms with E-state index in [4.69, 9.17) is 0 Å². The van der Waals surface area contributed by atoms with Gasteiger partial charge in [0.1, 0.15) is 11.3 Å². The lowest BCUT2D eigenvalue weighted by molar-refractivity contribution is 0.0532. The van der Waals surface area contributed by atoms with Crippen LogP contribution >= 0.6 is 0 Å². The van der Waals surface area contributed by atoms with E-state index in [0.29, 0.717) is 43.0 Å². The topological polar surface area (TPSA) is 76.6 Å². The van der Waals surface area contributed by atoms with Gasteiger partial charge in [0.25, 0.3) is 11.8 Å². The Morgan fingerprint density at radius 3 is 2.30 bits per heavy atom. The van der Waals surface area contributed by atoms with Gasteiger partial charge in [-0.2, -0.15) is 0 Å².